The van der Waals surface area contributed by atoms with E-state index in [0.717, 1.165) is 70.2 Å². The lowest BCUT2D eigenvalue weighted by atomic mass is 10.0. The largest absolute Gasteiger partial charge is 0.452 e. The molecule has 12 aromatic rings. The molecule has 0 atom stereocenters. The van der Waals surface area contributed by atoms with Crippen LogP contribution in [0, 0.1) is 0 Å². The van der Waals surface area contributed by atoms with Crippen molar-refractivity contribution < 1.29 is 4.42 Å². The van der Waals surface area contributed by atoms with Gasteiger partial charge in [-0.25, -0.2) is 24.9 Å². The smallest absolute Gasteiger partial charge is 0.180 e. The summed E-state index contributed by atoms with van der Waals surface area (Å²) in [6.07, 6.45) is 0. The van der Waals surface area contributed by atoms with Gasteiger partial charge in [-0.15, -0.1) is 22.7 Å². The Balaban J connectivity index is 1.07. The van der Waals surface area contributed by atoms with Gasteiger partial charge in [0.15, 0.2) is 28.9 Å². The SMILES string of the molecule is c1ccc(-c2nc(-c3cccc4sc5ccccc5c34)nc(-c3cccc4sc5cc(-c6nc(-c7ccccc7)nc7c6oc6ccccc67)ccc5c34)n2)cc1. The molecule has 6 nitrogen and oxygen atoms in total. The zero-order valence-electron chi connectivity index (χ0n) is 30.0. The number of thiophene rings is 2. The Hall–Kier alpha value is -7.13. The first-order valence-electron chi connectivity index (χ1n) is 18.7. The van der Waals surface area contributed by atoms with Gasteiger partial charge in [0.05, 0.1) is 0 Å². The molecular weight excluding hydrogens is 739 g/mol. The van der Waals surface area contributed by atoms with Crippen LogP contribution in [-0.2, 0) is 0 Å². The molecule has 0 saturated heterocycles. The summed E-state index contributed by atoms with van der Waals surface area (Å²) in [4.78, 5) is 25.8. The Morgan fingerprint density at radius 1 is 0.368 bits per heavy atom. The number of hydrogen-bond acceptors (Lipinski definition) is 8. The molecule has 0 bridgehead atoms. The summed E-state index contributed by atoms with van der Waals surface area (Å²) in [7, 11) is 0. The van der Waals surface area contributed by atoms with Crippen LogP contribution < -0.4 is 0 Å². The van der Waals surface area contributed by atoms with E-state index in [4.69, 9.17) is 29.3 Å². The topological polar surface area (TPSA) is 77.6 Å². The molecule has 8 heteroatoms. The van der Waals surface area contributed by atoms with Crippen molar-refractivity contribution in [1.82, 2.24) is 24.9 Å². The van der Waals surface area contributed by atoms with Gasteiger partial charge in [-0.05, 0) is 36.4 Å². The van der Waals surface area contributed by atoms with Crippen LogP contribution in [0.5, 0.6) is 0 Å². The molecule has 0 radical (unpaired) electrons. The van der Waals surface area contributed by atoms with E-state index < -0.39 is 0 Å². The first-order chi connectivity index (χ1) is 28.2. The molecule has 5 heterocycles. The van der Waals surface area contributed by atoms with E-state index in [1.54, 1.807) is 22.7 Å². The Morgan fingerprint density at radius 2 is 0.912 bits per heavy atom. The average Bonchev–Trinajstić information content (AvgIpc) is 3.97. The van der Waals surface area contributed by atoms with Crippen molar-refractivity contribution in [2.75, 3.05) is 0 Å². The van der Waals surface area contributed by atoms with E-state index in [1.807, 2.05) is 66.7 Å². The number of rotatable bonds is 5. The molecular formula is C49H27N5OS2. The van der Waals surface area contributed by atoms with Crippen LogP contribution in [0.3, 0.4) is 0 Å². The highest BCUT2D eigenvalue weighted by Crippen LogP contribution is 2.44. The molecule has 7 aromatic carbocycles. The minimum Gasteiger partial charge on any atom is -0.452 e. The third-order valence-electron chi connectivity index (χ3n) is 10.6. The number of nitrogens with zero attached hydrogens (tertiary/aromatic N) is 5. The van der Waals surface area contributed by atoms with Crippen LogP contribution in [0.25, 0.3) is 119 Å². The molecule has 5 aromatic heterocycles. The maximum Gasteiger partial charge on any atom is 0.180 e. The van der Waals surface area contributed by atoms with Gasteiger partial charge in [-0.3, -0.25) is 0 Å². The predicted molar refractivity (Wildman–Crippen MR) is 236 cm³/mol. The van der Waals surface area contributed by atoms with E-state index in [2.05, 4.69) is 97.1 Å². The lowest BCUT2D eigenvalue weighted by Gasteiger charge is -2.10. The standard InChI is InChI=1S/C49H27N5OS2/c1-3-13-28(14-4-1)46-50-43(45-44(51-46)31-17-7-9-21-36(31)55-45)30-25-26-33-40(27-30)57-39-24-12-20-35(42(33)39)49-53-47(29-15-5-2-6-16-29)52-48(54-49)34-19-11-23-38-41(34)32-18-8-10-22-37(32)56-38/h1-27H. The van der Waals surface area contributed by atoms with Crippen molar-refractivity contribution in [3.63, 3.8) is 0 Å². The number of fused-ring (bicyclic) bond motifs is 9. The second-order valence-corrected chi connectivity index (χ2v) is 16.1. The molecule has 0 aliphatic carbocycles. The zero-order chi connectivity index (χ0) is 37.5. The first-order valence-corrected chi connectivity index (χ1v) is 20.3. The fourth-order valence-corrected chi connectivity index (χ4v) is 10.3. The summed E-state index contributed by atoms with van der Waals surface area (Å²) in [6, 6.07) is 56.3. The van der Waals surface area contributed by atoms with Crippen LogP contribution in [0.1, 0.15) is 0 Å². The summed E-state index contributed by atoms with van der Waals surface area (Å²) < 4.78 is 11.2. The quantitative estimate of drug-likeness (QED) is 0.174. The second-order valence-electron chi connectivity index (χ2n) is 14.0. The van der Waals surface area contributed by atoms with E-state index >= 15 is 0 Å². The molecule has 0 spiro atoms. The molecule has 0 N–H and O–H groups in total. The van der Waals surface area contributed by atoms with E-state index in [-0.39, 0.29) is 0 Å². The molecule has 266 valence electrons. The summed E-state index contributed by atoms with van der Waals surface area (Å²) >= 11 is 3.54. The monoisotopic (exact) mass is 765 g/mol. The van der Waals surface area contributed by atoms with Crippen molar-refractivity contribution in [1.29, 1.82) is 0 Å². The summed E-state index contributed by atoms with van der Waals surface area (Å²) in [6.45, 7) is 0. The highest BCUT2D eigenvalue weighted by molar-refractivity contribution is 7.26. The maximum atomic E-state index is 6.47. The van der Waals surface area contributed by atoms with Crippen LogP contribution in [-0.4, -0.2) is 24.9 Å². The van der Waals surface area contributed by atoms with Gasteiger partial charge in [0.25, 0.3) is 0 Å². The summed E-state index contributed by atoms with van der Waals surface area (Å²) in [5, 5.41) is 5.58. The van der Waals surface area contributed by atoms with E-state index in [1.165, 1.54) is 20.2 Å². The van der Waals surface area contributed by atoms with E-state index in [0.29, 0.717) is 28.9 Å². The van der Waals surface area contributed by atoms with Gasteiger partial charge in [0, 0.05) is 73.5 Å². The number of hydrogen-bond donors (Lipinski definition) is 0. The van der Waals surface area contributed by atoms with Crippen LogP contribution in [0.2, 0.25) is 0 Å². The van der Waals surface area contributed by atoms with Crippen molar-refractivity contribution in [2.45, 2.75) is 0 Å². The van der Waals surface area contributed by atoms with Crippen molar-refractivity contribution in [2.24, 2.45) is 0 Å². The van der Waals surface area contributed by atoms with Gasteiger partial charge in [-0.1, -0.05) is 127 Å². The fourth-order valence-electron chi connectivity index (χ4n) is 7.96. The van der Waals surface area contributed by atoms with Crippen LogP contribution in [0.4, 0.5) is 0 Å². The predicted octanol–water partition coefficient (Wildman–Crippen LogP) is 13.6. The molecule has 0 aliphatic heterocycles. The van der Waals surface area contributed by atoms with Gasteiger partial charge in [0.1, 0.15) is 16.8 Å². The summed E-state index contributed by atoms with van der Waals surface area (Å²) in [5.74, 6) is 2.59. The molecule has 0 fully saturated rings. The van der Waals surface area contributed by atoms with Gasteiger partial charge in [0.2, 0.25) is 0 Å². The number of aromatic nitrogens is 5. The molecule has 0 amide bonds. The minimum absolute atomic E-state index is 0.636. The van der Waals surface area contributed by atoms with Gasteiger partial charge >= 0.3 is 0 Å². The highest BCUT2D eigenvalue weighted by Gasteiger charge is 2.22. The Bertz CT molecular complexity index is 3540. The fraction of sp³-hybridized carbons (Fsp3) is 0. The molecule has 57 heavy (non-hydrogen) atoms. The van der Waals surface area contributed by atoms with Gasteiger partial charge < -0.3 is 4.42 Å². The summed E-state index contributed by atoms with van der Waals surface area (Å²) in [5.41, 5.74) is 7.84. The lowest BCUT2D eigenvalue weighted by Crippen LogP contribution is -2.00. The Morgan fingerprint density at radius 3 is 1.61 bits per heavy atom. The van der Waals surface area contributed by atoms with E-state index in [9.17, 15) is 0 Å². The lowest BCUT2D eigenvalue weighted by molar-refractivity contribution is 0.667. The second kappa shape index (κ2) is 12.7. The Kier molecular flexibility index (Phi) is 7.17. The zero-order valence-corrected chi connectivity index (χ0v) is 31.7. The van der Waals surface area contributed by atoms with Crippen molar-refractivity contribution in [3.05, 3.63) is 164 Å². The molecule has 12 rings (SSSR count). The average molecular weight is 766 g/mol. The number of furan rings is 1. The van der Waals surface area contributed by atoms with Crippen molar-refractivity contribution in [3.8, 4) is 56.8 Å². The van der Waals surface area contributed by atoms with Crippen LogP contribution >= 0.6 is 22.7 Å². The Labute approximate surface area is 333 Å². The minimum atomic E-state index is 0.636. The molecule has 0 aliphatic rings. The van der Waals surface area contributed by atoms with Gasteiger partial charge in [-0.2, -0.15) is 0 Å². The maximum absolute atomic E-state index is 6.47. The highest BCUT2D eigenvalue weighted by atomic mass is 32.1. The third kappa shape index (κ3) is 5.19. The number of para-hydroxylation sites is 1. The molecule has 0 saturated carbocycles. The first kappa shape index (κ1) is 32.1. The third-order valence-corrected chi connectivity index (χ3v) is 12.8. The molecule has 0 unspecified atom stereocenters. The van der Waals surface area contributed by atoms with Crippen molar-refractivity contribution >= 4 is 85.1 Å². The normalized spacial score (nSPS) is 11.9. The number of benzene rings is 7. The van der Waals surface area contributed by atoms with Crippen LogP contribution in [0.15, 0.2) is 168 Å².